The van der Waals surface area contributed by atoms with E-state index in [0.29, 0.717) is 6.54 Å². The molecule has 2 atom stereocenters. The molecule has 0 saturated heterocycles. The summed E-state index contributed by atoms with van der Waals surface area (Å²) in [7, 11) is 1.63. The van der Waals surface area contributed by atoms with Gasteiger partial charge in [-0.25, -0.2) is 0 Å². The Labute approximate surface area is 114 Å². The van der Waals surface area contributed by atoms with E-state index < -0.39 is 0 Å². The molecule has 5 nitrogen and oxygen atoms in total. The normalized spacial score (nSPS) is 14.2. The SMILES string of the molecule is CCN(CC(N)=O)C(c1cccc(OC)c1)C(C)N. The highest BCUT2D eigenvalue weighted by molar-refractivity contribution is 5.76. The average Bonchev–Trinajstić information content (AvgIpc) is 2.37. The number of likely N-dealkylation sites (N-methyl/N-ethyl adjacent to an activating group) is 1. The van der Waals surface area contributed by atoms with Crippen molar-refractivity contribution in [1.82, 2.24) is 4.90 Å². The molecule has 0 heterocycles. The molecule has 0 fully saturated rings. The lowest BCUT2D eigenvalue weighted by atomic mass is 9.98. The molecule has 19 heavy (non-hydrogen) atoms. The van der Waals surface area contributed by atoms with E-state index in [1.807, 2.05) is 43.0 Å². The fraction of sp³-hybridized carbons (Fsp3) is 0.500. The summed E-state index contributed by atoms with van der Waals surface area (Å²) in [6.45, 7) is 4.80. The van der Waals surface area contributed by atoms with E-state index in [9.17, 15) is 4.79 Å². The Balaban J connectivity index is 3.07. The van der Waals surface area contributed by atoms with Crippen LogP contribution in [0.25, 0.3) is 0 Å². The predicted molar refractivity (Wildman–Crippen MR) is 75.8 cm³/mol. The highest BCUT2D eigenvalue weighted by atomic mass is 16.5. The number of carbonyl (C=O) groups excluding carboxylic acids is 1. The van der Waals surface area contributed by atoms with Gasteiger partial charge in [0.1, 0.15) is 5.75 Å². The van der Waals surface area contributed by atoms with Gasteiger partial charge in [0, 0.05) is 6.04 Å². The number of rotatable bonds is 7. The van der Waals surface area contributed by atoms with Crippen molar-refractivity contribution >= 4 is 5.91 Å². The molecular formula is C14H23N3O2. The lowest BCUT2D eigenvalue weighted by Crippen LogP contribution is -2.43. The van der Waals surface area contributed by atoms with Crippen LogP contribution in [0.3, 0.4) is 0 Å². The molecule has 1 aromatic carbocycles. The van der Waals surface area contributed by atoms with E-state index >= 15 is 0 Å². The van der Waals surface area contributed by atoms with Crippen molar-refractivity contribution in [3.63, 3.8) is 0 Å². The van der Waals surface area contributed by atoms with E-state index in [4.69, 9.17) is 16.2 Å². The molecule has 4 N–H and O–H groups in total. The maximum Gasteiger partial charge on any atom is 0.231 e. The van der Waals surface area contributed by atoms with Crippen molar-refractivity contribution in [1.29, 1.82) is 0 Å². The van der Waals surface area contributed by atoms with Crippen LogP contribution in [0.4, 0.5) is 0 Å². The number of primary amides is 1. The number of amides is 1. The summed E-state index contributed by atoms with van der Waals surface area (Å²) < 4.78 is 5.23. The quantitative estimate of drug-likeness (QED) is 0.767. The molecule has 0 aliphatic rings. The first-order valence-electron chi connectivity index (χ1n) is 6.41. The van der Waals surface area contributed by atoms with E-state index in [0.717, 1.165) is 11.3 Å². The van der Waals surface area contributed by atoms with Gasteiger partial charge in [0.05, 0.1) is 19.7 Å². The largest absolute Gasteiger partial charge is 0.497 e. The molecule has 1 rings (SSSR count). The topological polar surface area (TPSA) is 81.6 Å². The van der Waals surface area contributed by atoms with Crippen LogP contribution in [0.5, 0.6) is 5.75 Å². The van der Waals surface area contributed by atoms with Gasteiger partial charge >= 0.3 is 0 Å². The number of benzene rings is 1. The molecule has 0 saturated carbocycles. The van der Waals surface area contributed by atoms with Gasteiger partial charge in [0.25, 0.3) is 0 Å². The third-order valence-electron chi connectivity index (χ3n) is 3.09. The smallest absolute Gasteiger partial charge is 0.231 e. The van der Waals surface area contributed by atoms with Gasteiger partial charge < -0.3 is 16.2 Å². The Morgan fingerprint density at radius 1 is 1.47 bits per heavy atom. The van der Waals surface area contributed by atoms with Crippen LogP contribution in [0.15, 0.2) is 24.3 Å². The third-order valence-corrected chi connectivity index (χ3v) is 3.09. The minimum atomic E-state index is -0.351. The van der Waals surface area contributed by atoms with Crippen molar-refractivity contribution in [2.45, 2.75) is 25.9 Å². The van der Waals surface area contributed by atoms with Crippen LogP contribution >= 0.6 is 0 Å². The second kappa shape index (κ2) is 7.11. The number of nitrogens with two attached hydrogens (primary N) is 2. The molecular weight excluding hydrogens is 242 g/mol. The first-order valence-corrected chi connectivity index (χ1v) is 6.41. The molecule has 0 aliphatic heterocycles. The molecule has 1 aromatic rings. The first kappa shape index (κ1) is 15.5. The lowest BCUT2D eigenvalue weighted by Gasteiger charge is -2.33. The number of nitrogens with zero attached hydrogens (tertiary/aromatic N) is 1. The van der Waals surface area contributed by atoms with Gasteiger partial charge in [-0.1, -0.05) is 19.1 Å². The van der Waals surface area contributed by atoms with Gasteiger partial charge in [-0.3, -0.25) is 9.69 Å². The minimum Gasteiger partial charge on any atom is -0.497 e. The summed E-state index contributed by atoms with van der Waals surface area (Å²) >= 11 is 0. The van der Waals surface area contributed by atoms with E-state index in [2.05, 4.69) is 0 Å². The van der Waals surface area contributed by atoms with Crippen LogP contribution in [0.2, 0.25) is 0 Å². The Morgan fingerprint density at radius 2 is 2.16 bits per heavy atom. The number of hydrogen-bond donors (Lipinski definition) is 2. The molecule has 0 spiro atoms. The van der Waals surface area contributed by atoms with Crippen LogP contribution in [0.1, 0.15) is 25.5 Å². The summed E-state index contributed by atoms with van der Waals surface area (Å²) in [6.07, 6.45) is 0. The van der Waals surface area contributed by atoms with Crippen molar-refractivity contribution < 1.29 is 9.53 Å². The maximum absolute atomic E-state index is 11.2. The van der Waals surface area contributed by atoms with Crippen molar-refractivity contribution in [3.05, 3.63) is 29.8 Å². The summed E-state index contributed by atoms with van der Waals surface area (Å²) in [4.78, 5) is 13.1. The van der Waals surface area contributed by atoms with Crippen molar-refractivity contribution in [3.8, 4) is 5.75 Å². The van der Waals surface area contributed by atoms with Crippen LogP contribution in [-0.2, 0) is 4.79 Å². The average molecular weight is 265 g/mol. The molecule has 0 bridgehead atoms. The number of ether oxygens (including phenoxy) is 1. The minimum absolute atomic E-state index is 0.0624. The zero-order valence-electron chi connectivity index (χ0n) is 11.8. The van der Waals surface area contributed by atoms with Gasteiger partial charge in [0.15, 0.2) is 0 Å². The Kier molecular flexibility index (Phi) is 5.79. The van der Waals surface area contributed by atoms with E-state index in [1.54, 1.807) is 7.11 Å². The highest BCUT2D eigenvalue weighted by Crippen LogP contribution is 2.26. The fourth-order valence-electron chi connectivity index (χ4n) is 2.28. The second-order valence-electron chi connectivity index (χ2n) is 4.61. The van der Waals surface area contributed by atoms with Gasteiger partial charge in [-0.2, -0.15) is 0 Å². The highest BCUT2D eigenvalue weighted by Gasteiger charge is 2.24. The monoisotopic (exact) mass is 265 g/mol. The maximum atomic E-state index is 11.2. The standard InChI is InChI=1S/C14H23N3O2/c1-4-17(9-13(16)18)14(10(2)15)11-6-5-7-12(8-11)19-3/h5-8,10,14H,4,9,15H2,1-3H3,(H2,16,18). The Morgan fingerprint density at radius 3 is 2.63 bits per heavy atom. The lowest BCUT2D eigenvalue weighted by molar-refractivity contribution is -0.119. The predicted octanol–water partition coefficient (Wildman–Crippen LogP) is 0.891. The molecule has 0 aliphatic carbocycles. The van der Waals surface area contributed by atoms with Gasteiger partial charge in [-0.05, 0) is 31.2 Å². The third kappa shape index (κ3) is 4.22. The second-order valence-corrected chi connectivity index (χ2v) is 4.61. The number of hydrogen-bond acceptors (Lipinski definition) is 4. The first-order chi connectivity index (χ1) is 8.99. The Bertz CT molecular complexity index is 421. The van der Waals surface area contributed by atoms with Crippen LogP contribution in [0, 0.1) is 0 Å². The summed E-state index contributed by atoms with van der Waals surface area (Å²) in [5, 5.41) is 0. The van der Waals surface area contributed by atoms with Crippen LogP contribution in [-0.4, -0.2) is 37.0 Å². The molecule has 2 unspecified atom stereocenters. The van der Waals surface area contributed by atoms with Crippen molar-refractivity contribution in [2.75, 3.05) is 20.2 Å². The molecule has 1 amide bonds. The number of carbonyl (C=O) groups is 1. The van der Waals surface area contributed by atoms with E-state index in [1.165, 1.54) is 0 Å². The zero-order valence-corrected chi connectivity index (χ0v) is 11.8. The molecule has 5 heteroatoms. The van der Waals surface area contributed by atoms with Gasteiger partial charge in [-0.15, -0.1) is 0 Å². The molecule has 0 radical (unpaired) electrons. The summed E-state index contributed by atoms with van der Waals surface area (Å²) in [6, 6.07) is 7.55. The number of methoxy groups -OCH3 is 1. The summed E-state index contributed by atoms with van der Waals surface area (Å²) in [5.74, 6) is 0.425. The van der Waals surface area contributed by atoms with Crippen LogP contribution < -0.4 is 16.2 Å². The molecule has 106 valence electrons. The van der Waals surface area contributed by atoms with E-state index in [-0.39, 0.29) is 24.5 Å². The van der Waals surface area contributed by atoms with Crippen molar-refractivity contribution in [2.24, 2.45) is 11.5 Å². The zero-order chi connectivity index (χ0) is 14.4. The molecule has 0 aromatic heterocycles. The fourth-order valence-corrected chi connectivity index (χ4v) is 2.28. The Hall–Kier alpha value is -1.59. The summed E-state index contributed by atoms with van der Waals surface area (Å²) in [5.41, 5.74) is 12.4. The van der Waals surface area contributed by atoms with Gasteiger partial charge in [0.2, 0.25) is 5.91 Å².